The monoisotopic (exact) mass is 328 g/mol. The molecule has 7 nitrogen and oxygen atoms in total. The molecule has 4 rings (SSSR count). The summed E-state index contributed by atoms with van der Waals surface area (Å²) < 4.78 is 5.52. The molecule has 0 N–H and O–H groups in total. The fraction of sp³-hybridized carbons (Fsp3) is 0.400. The molecular formula is C15H16N6OS. The van der Waals surface area contributed by atoms with Gasteiger partial charge in [0.25, 0.3) is 0 Å². The molecule has 1 aliphatic heterocycles. The highest BCUT2D eigenvalue weighted by Crippen LogP contribution is 2.33. The molecule has 0 radical (unpaired) electrons. The summed E-state index contributed by atoms with van der Waals surface area (Å²) in [6.45, 7) is 3.76. The molecule has 1 aliphatic rings. The molecule has 3 aromatic heterocycles. The van der Waals surface area contributed by atoms with Crippen LogP contribution in [0.5, 0.6) is 0 Å². The van der Waals surface area contributed by atoms with Crippen LogP contribution in [-0.4, -0.2) is 36.8 Å². The molecule has 118 valence electrons. The second-order valence-corrected chi connectivity index (χ2v) is 6.80. The standard InChI is InChI=1S/C15H16N6OS/c1-10-18-19-13(23-10)9-21-8-2-3-12(21)15-17-14(20-22-15)11-4-6-16-7-5-11/h4-7,12H,2-3,8-9H2,1H3/t12-/m0/s1. The van der Waals surface area contributed by atoms with Gasteiger partial charge in [-0.15, -0.1) is 21.5 Å². The van der Waals surface area contributed by atoms with Crippen LogP contribution >= 0.6 is 11.3 Å². The Labute approximate surface area is 137 Å². The van der Waals surface area contributed by atoms with Crippen molar-refractivity contribution in [2.75, 3.05) is 6.54 Å². The van der Waals surface area contributed by atoms with Gasteiger partial charge in [-0.05, 0) is 38.4 Å². The van der Waals surface area contributed by atoms with E-state index in [-0.39, 0.29) is 6.04 Å². The van der Waals surface area contributed by atoms with Gasteiger partial charge < -0.3 is 4.52 Å². The average Bonchev–Trinajstić information content (AvgIpc) is 3.29. The third-order valence-corrected chi connectivity index (χ3v) is 4.76. The summed E-state index contributed by atoms with van der Waals surface area (Å²) in [7, 11) is 0. The highest BCUT2D eigenvalue weighted by molar-refractivity contribution is 7.11. The van der Waals surface area contributed by atoms with Gasteiger partial charge in [-0.2, -0.15) is 4.98 Å². The minimum Gasteiger partial charge on any atom is -0.337 e. The number of likely N-dealkylation sites (tertiary alicyclic amines) is 1. The van der Waals surface area contributed by atoms with Gasteiger partial charge in [0.2, 0.25) is 11.7 Å². The van der Waals surface area contributed by atoms with Crippen LogP contribution in [0.25, 0.3) is 11.4 Å². The van der Waals surface area contributed by atoms with Crippen molar-refractivity contribution < 1.29 is 4.52 Å². The van der Waals surface area contributed by atoms with E-state index in [4.69, 9.17) is 4.52 Å². The number of pyridine rings is 1. The largest absolute Gasteiger partial charge is 0.337 e. The SMILES string of the molecule is Cc1nnc(CN2CCC[C@H]2c2nc(-c3ccncc3)no2)s1. The van der Waals surface area contributed by atoms with E-state index in [9.17, 15) is 0 Å². The molecule has 1 atom stereocenters. The lowest BCUT2D eigenvalue weighted by molar-refractivity contribution is 0.200. The molecule has 4 heterocycles. The van der Waals surface area contributed by atoms with E-state index in [1.165, 1.54) is 0 Å². The zero-order valence-corrected chi connectivity index (χ0v) is 13.5. The highest BCUT2D eigenvalue weighted by Gasteiger charge is 2.31. The predicted octanol–water partition coefficient (Wildman–Crippen LogP) is 2.63. The van der Waals surface area contributed by atoms with E-state index in [0.717, 1.165) is 41.5 Å². The predicted molar refractivity (Wildman–Crippen MR) is 84.6 cm³/mol. The second-order valence-electron chi connectivity index (χ2n) is 5.54. The Hall–Kier alpha value is -2.19. The second kappa shape index (κ2) is 6.13. The quantitative estimate of drug-likeness (QED) is 0.728. The summed E-state index contributed by atoms with van der Waals surface area (Å²) in [5.74, 6) is 1.29. The number of aromatic nitrogens is 5. The van der Waals surface area contributed by atoms with Crippen LogP contribution in [0.3, 0.4) is 0 Å². The van der Waals surface area contributed by atoms with Crippen LogP contribution in [0.15, 0.2) is 29.0 Å². The molecule has 3 aromatic rings. The first-order valence-corrected chi connectivity index (χ1v) is 8.38. The van der Waals surface area contributed by atoms with Crippen molar-refractivity contribution in [1.29, 1.82) is 0 Å². The molecule has 0 unspecified atom stereocenters. The summed E-state index contributed by atoms with van der Waals surface area (Å²) in [5, 5.41) is 14.4. The molecule has 23 heavy (non-hydrogen) atoms. The molecular weight excluding hydrogens is 312 g/mol. The summed E-state index contributed by atoms with van der Waals surface area (Å²) in [6.07, 6.45) is 5.60. The fourth-order valence-electron chi connectivity index (χ4n) is 2.86. The molecule has 0 spiro atoms. The number of hydrogen-bond acceptors (Lipinski definition) is 8. The third-order valence-electron chi connectivity index (χ3n) is 3.94. The number of nitrogens with zero attached hydrogens (tertiary/aromatic N) is 6. The molecule has 0 amide bonds. The smallest absolute Gasteiger partial charge is 0.244 e. The van der Waals surface area contributed by atoms with Crippen LogP contribution in [0.1, 0.15) is 34.8 Å². The Morgan fingerprint density at radius 1 is 1.30 bits per heavy atom. The third kappa shape index (κ3) is 2.99. The van der Waals surface area contributed by atoms with Gasteiger partial charge in [0.1, 0.15) is 10.0 Å². The number of rotatable bonds is 4. The van der Waals surface area contributed by atoms with Crippen molar-refractivity contribution >= 4 is 11.3 Å². The number of aryl methyl sites for hydroxylation is 1. The number of hydrogen-bond donors (Lipinski definition) is 0. The van der Waals surface area contributed by atoms with Crippen LogP contribution in [0, 0.1) is 6.92 Å². The van der Waals surface area contributed by atoms with Crippen molar-refractivity contribution in [2.45, 2.75) is 32.4 Å². The summed E-state index contributed by atoms with van der Waals surface area (Å²) in [5.41, 5.74) is 0.916. The normalized spacial score (nSPS) is 18.6. The first-order valence-electron chi connectivity index (χ1n) is 7.56. The van der Waals surface area contributed by atoms with Crippen molar-refractivity contribution in [3.05, 3.63) is 40.4 Å². The van der Waals surface area contributed by atoms with Crippen molar-refractivity contribution in [1.82, 2.24) is 30.2 Å². The molecule has 0 aliphatic carbocycles. The van der Waals surface area contributed by atoms with Gasteiger partial charge in [-0.3, -0.25) is 9.88 Å². The zero-order valence-electron chi connectivity index (χ0n) is 12.7. The van der Waals surface area contributed by atoms with Crippen LogP contribution < -0.4 is 0 Å². The van der Waals surface area contributed by atoms with Gasteiger partial charge in [0.15, 0.2) is 0 Å². The van der Waals surface area contributed by atoms with E-state index in [1.54, 1.807) is 23.7 Å². The van der Waals surface area contributed by atoms with E-state index in [1.807, 2.05) is 19.1 Å². The topological polar surface area (TPSA) is 80.8 Å². The Kier molecular flexibility index (Phi) is 3.84. The molecule has 0 bridgehead atoms. The minimum absolute atomic E-state index is 0.155. The Bertz CT molecular complexity index is 786. The molecule has 1 saturated heterocycles. The summed E-state index contributed by atoms with van der Waals surface area (Å²) in [6, 6.07) is 3.91. The maximum Gasteiger partial charge on any atom is 0.244 e. The Morgan fingerprint density at radius 2 is 2.17 bits per heavy atom. The zero-order chi connectivity index (χ0) is 15.6. The summed E-state index contributed by atoms with van der Waals surface area (Å²) in [4.78, 5) is 10.9. The van der Waals surface area contributed by atoms with E-state index >= 15 is 0 Å². The van der Waals surface area contributed by atoms with Crippen LogP contribution in [-0.2, 0) is 6.54 Å². The fourth-order valence-corrected chi connectivity index (χ4v) is 3.59. The first kappa shape index (κ1) is 14.4. The van der Waals surface area contributed by atoms with Crippen LogP contribution in [0.4, 0.5) is 0 Å². The Balaban J connectivity index is 1.54. The molecule has 0 aromatic carbocycles. The lowest BCUT2D eigenvalue weighted by atomic mass is 10.2. The lowest BCUT2D eigenvalue weighted by Gasteiger charge is -2.19. The Morgan fingerprint density at radius 3 is 2.96 bits per heavy atom. The van der Waals surface area contributed by atoms with Crippen molar-refractivity contribution in [2.24, 2.45) is 0 Å². The van der Waals surface area contributed by atoms with Crippen molar-refractivity contribution in [3.63, 3.8) is 0 Å². The lowest BCUT2D eigenvalue weighted by Crippen LogP contribution is -2.23. The van der Waals surface area contributed by atoms with E-state index in [0.29, 0.717) is 11.7 Å². The van der Waals surface area contributed by atoms with Gasteiger partial charge in [-0.1, -0.05) is 5.16 Å². The minimum atomic E-state index is 0.155. The van der Waals surface area contributed by atoms with Gasteiger partial charge in [-0.25, -0.2) is 0 Å². The average molecular weight is 328 g/mol. The van der Waals surface area contributed by atoms with Gasteiger partial charge in [0.05, 0.1) is 12.6 Å². The molecule has 0 saturated carbocycles. The molecule has 8 heteroatoms. The van der Waals surface area contributed by atoms with E-state index < -0.39 is 0 Å². The highest BCUT2D eigenvalue weighted by atomic mass is 32.1. The van der Waals surface area contributed by atoms with E-state index in [2.05, 4.69) is 30.2 Å². The van der Waals surface area contributed by atoms with Crippen molar-refractivity contribution in [3.8, 4) is 11.4 Å². The molecule has 1 fully saturated rings. The van der Waals surface area contributed by atoms with Gasteiger partial charge >= 0.3 is 0 Å². The first-order chi connectivity index (χ1) is 11.3. The van der Waals surface area contributed by atoms with Gasteiger partial charge in [0, 0.05) is 18.0 Å². The van der Waals surface area contributed by atoms with Crippen LogP contribution in [0.2, 0.25) is 0 Å². The summed E-state index contributed by atoms with van der Waals surface area (Å²) >= 11 is 1.64. The maximum atomic E-state index is 5.52. The maximum absolute atomic E-state index is 5.52.